The highest BCUT2D eigenvalue weighted by Gasteiger charge is 2.15. The van der Waals surface area contributed by atoms with Gasteiger partial charge in [-0.2, -0.15) is 0 Å². The normalized spacial score (nSPS) is 10.7. The maximum Gasteiger partial charge on any atom is 0.343 e. The van der Waals surface area contributed by atoms with E-state index in [0.29, 0.717) is 28.1 Å². The van der Waals surface area contributed by atoms with Gasteiger partial charge in [-0.05, 0) is 85.7 Å². The van der Waals surface area contributed by atoms with Gasteiger partial charge in [-0.3, -0.25) is 14.3 Å². The highest BCUT2D eigenvalue weighted by molar-refractivity contribution is 8.24. The van der Waals surface area contributed by atoms with Crippen LogP contribution in [-0.2, 0) is 14.0 Å². The highest BCUT2D eigenvalue weighted by atomic mass is 36.0. The van der Waals surface area contributed by atoms with Gasteiger partial charge in [-0.25, -0.2) is 9.59 Å². The number of hydrogen-bond acceptors (Lipinski definition) is 7. The molecule has 0 fully saturated rings. The number of pyridine rings is 2. The van der Waals surface area contributed by atoms with Gasteiger partial charge in [0, 0.05) is 28.7 Å². The highest BCUT2D eigenvalue weighted by Crippen LogP contribution is 2.61. The number of carbonyl (C=O) groups is 2. The first kappa shape index (κ1) is 32.6. The summed E-state index contributed by atoms with van der Waals surface area (Å²) < 4.78 is 19.3. The molecule has 0 aliphatic heterocycles. The Bertz CT molecular complexity index is 1590. The molecule has 13 heteroatoms. The molecule has 4 aromatic rings. The van der Waals surface area contributed by atoms with Crippen molar-refractivity contribution in [3.8, 4) is 0 Å². The minimum Gasteiger partial charge on any atom is -0.462 e. The van der Waals surface area contributed by atoms with E-state index in [0.717, 1.165) is 22.0 Å². The third kappa shape index (κ3) is 9.82. The average Bonchev–Trinajstić information content (AvgIpc) is 2.85. The molecule has 2 aromatic heterocycles. The maximum absolute atomic E-state index is 12.1. The first-order chi connectivity index (χ1) is 18.3. The van der Waals surface area contributed by atoms with Crippen LogP contribution in [0.3, 0.4) is 0 Å². The molecule has 0 radical (unpaired) electrons. The molecule has 0 bridgehead atoms. The number of nitrogens with zero attached hydrogens (tertiary/aromatic N) is 1. The van der Waals surface area contributed by atoms with Crippen LogP contribution in [0.2, 0.25) is 5.02 Å². The quantitative estimate of drug-likeness (QED) is 0.178. The number of benzene rings is 2. The van der Waals surface area contributed by atoms with Gasteiger partial charge in [0.2, 0.25) is 5.43 Å². The summed E-state index contributed by atoms with van der Waals surface area (Å²) in [5, 5.41) is -1.54. The van der Waals surface area contributed by atoms with Gasteiger partial charge in [0.1, 0.15) is 5.56 Å². The third-order valence-electron chi connectivity index (χ3n) is 4.98. The van der Waals surface area contributed by atoms with E-state index in [1.165, 1.54) is 12.4 Å². The standard InChI is InChI=1S/C13H12ClNO2.C13H13NO3.Cl3OP/c1-3-17-13(16)10-7-15-11-5-4-8(2)6-9(11)12(10)14;1-3-17-13(16)10-7-14-11-5-4-8(2)6-9(11)12(10)15;1-5(2,3)4/h4-7H,3H2,1-2H3;4-7H,3H2,1-2H3,(H,14,15);. The molecular formula is C26H25Cl4N2O6P. The fraction of sp³-hybridized carbons (Fsp3) is 0.231. The summed E-state index contributed by atoms with van der Waals surface area (Å²) in [6.45, 7) is 7.90. The predicted octanol–water partition coefficient (Wildman–Crippen LogP) is 8.20. The van der Waals surface area contributed by atoms with Crippen LogP contribution in [0.15, 0.2) is 53.6 Å². The Kier molecular flexibility index (Phi) is 12.3. The average molecular weight is 634 g/mol. The number of halogens is 4. The Morgan fingerprint density at radius 2 is 1.41 bits per heavy atom. The number of rotatable bonds is 4. The van der Waals surface area contributed by atoms with Crippen LogP contribution in [0, 0.1) is 13.8 Å². The molecular weight excluding hydrogens is 609 g/mol. The molecule has 0 saturated heterocycles. The second-order valence-corrected chi connectivity index (χ2v) is 14.9. The maximum atomic E-state index is 12.1. The molecule has 2 heterocycles. The Balaban J connectivity index is 0.000000234. The zero-order valence-corrected chi connectivity index (χ0v) is 25.3. The molecule has 0 aliphatic carbocycles. The van der Waals surface area contributed by atoms with Gasteiger partial charge in [0.05, 0.1) is 29.3 Å². The SMILES string of the molecule is CCOC(=O)c1c[nH]c2ccc(C)cc2c1=O.CCOC(=O)c1cnc2ccc(C)cc2c1Cl.O=P(Cl)(Cl)Cl. The summed E-state index contributed by atoms with van der Waals surface area (Å²) in [5.41, 5.74) is 3.60. The van der Waals surface area contributed by atoms with Crippen LogP contribution in [0.4, 0.5) is 0 Å². The molecule has 0 aliphatic rings. The molecule has 1 N–H and O–H groups in total. The van der Waals surface area contributed by atoms with Crippen molar-refractivity contribution < 1.29 is 23.6 Å². The first-order valence-electron chi connectivity index (χ1n) is 11.5. The van der Waals surface area contributed by atoms with Gasteiger partial charge < -0.3 is 14.5 Å². The van der Waals surface area contributed by atoms with Crippen molar-refractivity contribution in [2.75, 3.05) is 13.2 Å². The Morgan fingerprint density at radius 3 is 1.97 bits per heavy atom. The number of aromatic amines is 1. The number of hydrogen-bond donors (Lipinski definition) is 1. The monoisotopic (exact) mass is 632 g/mol. The first-order valence-corrected chi connectivity index (χ1v) is 16.3. The topological polar surface area (TPSA) is 115 Å². The molecule has 0 saturated carbocycles. The van der Waals surface area contributed by atoms with Gasteiger partial charge in [-0.1, -0.05) is 34.9 Å². The van der Waals surface area contributed by atoms with E-state index in [-0.39, 0.29) is 17.6 Å². The second-order valence-electron chi connectivity index (χ2n) is 7.93. The van der Waals surface area contributed by atoms with Crippen molar-refractivity contribution in [3.63, 3.8) is 0 Å². The molecule has 39 heavy (non-hydrogen) atoms. The lowest BCUT2D eigenvalue weighted by Crippen LogP contribution is -2.18. The van der Waals surface area contributed by atoms with Crippen molar-refractivity contribution >= 4 is 84.3 Å². The number of aryl methyl sites for hydroxylation is 2. The molecule has 0 spiro atoms. The minimum absolute atomic E-state index is 0.0463. The lowest BCUT2D eigenvalue weighted by atomic mass is 10.1. The summed E-state index contributed by atoms with van der Waals surface area (Å²) in [6.07, 6.45) is 2.86. The van der Waals surface area contributed by atoms with E-state index >= 15 is 0 Å². The lowest BCUT2D eigenvalue weighted by Gasteiger charge is -2.07. The number of esters is 2. The van der Waals surface area contributed by atoms with E-state index in [1.807, 2.05) is 44.2 Å². The van der Waals surface area contributed by atoms with Crippen LogP contribution in [-0.4, -0.2) is 35.1 Å². The number of carbonyl (C=O) groups excluding carboxylic acids is 2. The summed E-state index contributed by atoms with van der Waals surface area (Å²) in [5.74, 6) is -1.02. The fourth-order valence-corrected chi connectivity index (χ4v) is 3.60. The molecule has 208 valence electrons. The Hall–Kier alpha value is -2.61. The Labute approximate surface area is 244 Å². The molecule has 0 unspecified atom stereocenters. The molecule has 0 atom stereocenters. The Morgan fingerprint density at radius 1 is 0.897 bits per heavy atom. The summed E-state index contributed by atoms with van der Waals surface area (Å²) in [7, 11) is 0. The number of H-pyrrole nitrogens is 1. The number of ether oxygens (including phenoxy) is 2. The van der Waals surface area contributed by atoms with Gasteiger partial charge in [0.15, 0.2) is 0 Å². The molecule has 0 amide bonds. The van der Waals surface area contributed by atoms with Crippen molar-refractivity contribution in [2.24, 2.45) is 0 Å². The van der Waals surface area contributed by atoms with Gasteiger partial charge in [-0.15, -0.1) is 0 Å². The number of nitrogens with one attached hydrogen (secondary N) is 1. The van der Waals surface area contributed by atoms with Gasteiger partial charge in [0.25, 0.3) is 0 Å². The van der Waals surface area contributed by atoms with E-state index in [4.69, 9.17) is 21.1 Å². The predicted molar refractivity (Wildman–Crippen MR) is 158 cm³/mol. The van der Waals surface area contributed by atoms with Crippen LogP contribution in [0.1, 0.15) is 45.7 Å². The molecule has 2 aromatic carbocycles. The van der Waals surface area contributed by atoms with Gasteiger partial charge >= 0.3 is 17.1 Å². The summed E-state index contributed by atoms with van der Waals surface area (Å²) >= 11 is 20.1. The van der Waals surface area contributed by atoms with E-state index in [1.54, 1.807) is 19.9 Å². The van der Waals surface area contributed by atoms with Crippen LogP contribution in [0.5, 0.6) is 0 Å². The van der Waals surface area contributed by atoms with Crippen LogP contribution < -0.4 is 5.43 Å². The minimum atomic E-state index is -3.22. The number of fused-ring (bicyclic) bond motifs is 2. The fourth-order valence-electron chi connectivity index (χ4n) is 3.32. The van der Waals surface area contributed by atoms with Crippen molar-refractivity contribution in [3.05, 3.63) is 86.3 Å². The van der Waals surface area contributed by atoms with Crippen LogP contribution in [0.25, 0.3) is 21.8 Å². The largest absolute Gasteiger partial charge is 0.462 e. The zero-order valence-electron chi connectivity index (χ0n) is 21.4. The van der Waals surface area contributed by atoms with E-state index < -0.39 is 17.1 Å². The van der Waals surface area contributed by atoms with E-state index in [2.05, 4.69) is 43.7 Å². The summed E-state index contributed by atoms with van der Waals surface area (Å²) in [6, 6.07) is 11.2. The van der Waals surface area contributed by atoms with Crippen molar-refractivity contribution in [1.82, 2.24) is 9.97 Å². The molecule has 8 nitrogen and oxygen atoms in total. The third-order valence-corrected chi connectivity index (χ3v) is 5.39. The van der Waals surface area contributed by atoms with Crippen molar-refractivity contribution in [2.45, 2.75) is 27.7 Å². The summed E-state index contributed by atoms with van der Waals surface area (Å²) in [4.78, 5) is 42.4. The number of aromatic nitrogens is 2. The second kappa shape index (κ2) is 14.7. The van der Waals surface area contributed by atoms with Crippen LogP contribution >= 0.6 is 50.5 Å². The lowest BCUT2D eigenvalue weighted by molar-refractivity contribution is 0.0516. The van der Waals surface area contributed by atoms with E-state index in [9.17, 15) is 18.9 Å². The smallest absolute Gasteiger partial charge is 0.343 e. The molecule has 4 rings (SSSR count). The zero-order chi connectivity index (χ0) is 29.3. The van der Waals surface area contributed by atoms with Crippen molar-refractivity contribution in [1.29, 1.82) is 0 Å².